The van der Waals surface area contributed by atoms with Gasteiger partial charge < -0.3 is 14.7 Å². The van der Waals surface area contributed by atoms with Crippen LogP contribution in [0.1, 0.15) is 0 Å². The van der Waals surface area contributed by atoms with Gasteiger partial charge in [-0.25, -0.2) is 9.97 Å². The van der Waals surface area contributed by atoms with Crippen LogP contribution in [0.2, 0.25) is 0 Å². The van der Waals surface area contributed by atoms with Crippen LogP contribution in [0.3, 0.4) is 0 Å². The van der Waals surface area contributed by atoms with Gasteiger partial charge in [0.1, 0.15) is 13.3 Å². The number of hydrogen-bond acceptors (Lipinski definition) is 6. The zero-order chi connectivity index (χ0) is 14.8. The van der Waals surface area contributed by atoms with Crippen molar-refractivity contribution in [3.05, 3.63) is 36.7 Å². The van der Waals surface area contributed by atoms with Crippen molar-refractivity contribution in [2.75, 3.05) is 30.2 Å². The van der Waals surface area contributed by atoms with E-state index in [9.17, 15) is 4.79 Å². The number of anilines is 4. The van der Waals surface area contributed by atoms with Crippen LogP contribution in [-0.2, 0) is 9.53 Å². The van der Waals surface area contributed by atoms with E-state index in [2.05, 4.69) is 9.97 Å². The van der Waals surface area contributed by atoms with E-state index in [0.29, 0.717) is 18.4 Å². The second-order valence-electron chi connectivity index (χ2n) is 4.52. The van der Waals surface area contributed by atoms with E-state index in [1.54, 1.807) is 24.4 Å². The van der Waals surface area contributed by atoms with Crippen LogP contribution in [0.5, 0.6) is 0 Å². The molecule has 3 rings (SSSR count). The molecule has 0 unspecified atom stereocenters. The summed E-state index contributed by atoms with van der Waals surface area (Å²) < 4.78 is 5.23. The molecule has 0 aliphatic carbocycles. The second kappa shape index (κ2) is 5.37. The molecular formula is C14H14N4O3. The molecule has 0 atom stereocenters. The summed E-state index contributed by atoms with van der Waals surface area (Å²) >= 11 is 0. The van der Waals surface area contributed by atoms with Gasteiger partial charge in [-0.15, -0.1) is 0 Å². The third-order valence-electron chi connectivity index (χ3n) is 3.19. The highest BCUT2D eigenvalue weighted by atomic mass is 16.5. The van der Waals surface area contributed by atoms with Crippen LogP contribution in [0.4, 0.5) is 23.0 Å². The van der Waals surface area contributed by atoms with Gasteiger partial charge in [0.15, 0.2) is 11.6 Å². The van der Waals surface area contributed by atoms with E-state index in [-0.39, 0.29) is 6.54 Å². The van der Waals surface area contributed by atoms with Crippen molar-refractivity contribution in [2.45, 2.75) is 0 Å². The monoisotopic (exact) mass is 286 g/mol. The second-order valence-corrected chi connectivity index (χ2v) is 4.52. The highest BCUT2D eigenvalue weighted by molar-refractivity contribution is 5.92. The van der Waals surface area contributed by atoms with E-state index >= 15 is 0 Å². The minimum Gasteiger partial charge on any atom is -0.480 e. The fourth-order valence-corrected chi connectivity index (χ4v) is 2.41. The summed E-state index contributed by atoms with van der Waals surface area (Å²) in [7, 11) is 1.60. The molecule has 21 heavy (non-hydrogen) atoms. The molecule has 2 aromatic rings. The van der Waals surface area contributed by atoms with Crippen molar-refractivity contribution in [1.29, 1.82) is 0 Å². The van der Waals surface area contributed by atoms with Gasteiger partial charge in [0.2, 0.25) is 0 Å². The summed E-state index contributed by atoms with van der Waals surface area (Å²) in [5, 5.41) is 9.16. The van der Waals surface area contributed by atoms with Crippen molar-refractivity contribution in [2.24, 2.45) is 0 Å². The van der Waals surface area contributed by atoms with E-state index in [4.69, 9.17) is 9.84 Å². The van der Waals surface area contributed by atoms with Gasteiger partial charge in [0.05, 0.1) is 11.4 Å². The summed E-state index contributed by atoms with van der Waals surface area (Å²) in [6.07, 6.45) is 3.13. The first-order valence-electron chi connectivity index (χ1n) is 6.38. The Morgan fingerprint density at radius 3 is 2.29 bits per heavy atom. The largest absolute Gasteiger partial charge is 0.480 e. The standard InChI is InChI=1S/C14H14N4O3/c1-21-9-18-11-5-3-2-4-10(11)17(8-12(19)20)13-14(18)16-7-6-15-13/h2-7H,8-9H2,1H3,(H,19,20). The topological polar surface area (TPSA) is 78.8 Å². The normalized spacial score (nSPS) is 12.8. The SMILES string of the molecule is COCN1c2ccccc2N(CC(=O)O)c2nccnc21. The number of carbonyl (C=O) groups is 1. The fourth-order valence-electron chi connectivity index (χ4n) is 2.41. The Labute approximate surface area is 121 Å². The minimum atomic E-state index is -0.929. The number of para-hydroxylation sites is 2. The molecule has 1 aromatic heterocycles. The number of rotatable bonds is 4. The molecule has 108 valence electrons. The molecule has 0 amide bonds. The molecule has 2 heterocycles. The Morgan fingerprint density at radius 1 is 1.14 bits per heavy atom. The number of carboxylic acids is 1. The van der Waals surface area contributed by atoms with Gasteiger partial charge in [-0.3, -0.25) is 9.69 Å². The van der Waals surface area contributed by atoms with Crippen molar-refractivity contribution in [3.8, 4) is 0 Å². The van der Waals surface area contributed by atoms with Crippen LogP contribution >= 0.6 is 0 Å². The lowest BCUT2D eigenvalue weighted by Crippen LogP contribution is -2.35. The first-order chi connectivity index (χ1) is 10.2. The van der Waals surface area contributed by atoms with Crippen LogP contribution in [0, 0.1) is 0 Å². The summed E-state index contributed by atoms with van der Waals surface area (Å²) in [4.78, 5) is 23.3. The summed E-state index contributed by atoms with van der Waals surface area (Å²) in [5.74, 6) is 0.163. The molecule has 0 spiro atoms. The molecule has 1 N–H and O–H groups in total. The number of aromatic nitrogens is 2. The van der Waals surface area contributed by atoms with Gasteiger partial charge in [-0.2, -0.15) is 0 Å². The van der Waals surface area contributed by atoms with E-state index in [0.717, 1.165) is 11.4 Å². The lowest BCUT2D eigenvalue weighted by molar-refractivity contribution is -0.135. The van der Waals surface area contributed by atoms with Gasteiger partial charge in [-0.05, 0) is 12.1 Å². The van der Waals surface area contributed by atoms with Crippen molar-refractivity contribution in [1.82, 2.24) is 9.97 Å². The Morgan fingerprint density at radius 2 is 1.71 bits per heavy atom. The molecule has 7 heteroatoms. The van der Waals surface area contributed by atoms with Crippen molar-refractivity contribution < 1.29 is 14.6 Å². The predicted octanol–water partition coefficient (Wildman–Crippen LogP) is 1.75. The average molecular weight is 286 g/mol. The molecule has 0 bridgehead atoms. The summed E-state index contributed by atoms with van der Waals surface area (Å²) in [5.41, 5.74) is 1.61. The van der Waals surface area contributed by atoms with E-state index in [1.165, 1.54) is 0 Å². The maximum atomic E-state index is 11.2. The molecule has 0 saturated heterocycles. The lowest BCUT2D eigenvalue weighted by Gasteiger charge is -2.36. The average Bonchev–Trinajstić information content (AvgIpc) is 2.50. The molecule has 1 aromatic carbocycles. The van der Waals surface area contributed by atoms with Gasteiger partial charge in [0, 0.05) is 19.5 Å². The zero-order valence-corrected chi connectivity index (χ0v) is 11.4. The van der Waals surface area contributed by atoms with Crippen molar-refractivity contribution >= 4 is 29.0 Å². The first-order valence-corrected chi connectivity index (χ1v) is 6.38. The summed E-state index contributed by atoms with van der Waals surface area (Å²) in [6.45, 7) is 0.132. The Balaban J connectivity index is 2.18. The quantitative estimate of drug-likeness (QED) is 0.917. The number of hydrogen-bond donors (Lipinski definition) is 1. The van der Waals surface area contributed by atoms with E-state index in [1.807, 2.05) is 29.2 Å². The number of aliphatic carboxylic acids is 1. The van der Waals surface area contributed by atoms with Crippen LogP contribution in [0.25, 0.3) is 0 Å². The molecule has 0 fully saturated rings. The number of nitrogens with zero attached hydrogens (tertiary/aromatic N) is 4. The van der Waals surface area contributed by atoms with Crippen LogP contribution in [-0.4, -0.2) is 41.4 Å². The fraction of sp³-hybridized carbons (Fsp3) is 0.214. The molecule has 1 aliphatic rings. The van der Waals surface area contributed by atoms with Crippen LogP contribution in [0.15, 0.2) is 36.7 Å². The van der Waals surface area contributed by atoms with E-state index < -0.39 is 5.97 Å². The van der Waals surface area contributed by atoms with Gasteiger partial charge in [-0.1, -0.05) is 12.1 Å². The minimum absolute atomic E-state index is 0.177. The number of benzene rings is 1. The lowest BCUT2D eigenvalue weighted by atomic mass is 10.1. The zero-order valence-electron chi connectivity index (χ0n) is 11.4. The number of ether oxygens (including phenoxy) is 1. The maximum Gasteiger partial charge on any atom is 0.323 e. The maximum absolute atomic E-state index is 11.2. The Hall–Kier alpha value is -2.67. The van der Waals surface area contributed by atoms with Crippen LogP contribution < -0.4 is 9.80 Å². The molecule has 1 aliphatic heterocycles. The highest BCUT2D eigenvalue weighted by Gasteiger charge is 2.31. The third kappa shape index (κ3) is 2.27. The molecule has 7 nitrogen and oxygen atoms in total. The Kier molecular flexibility index (Phi) is 3.41. The summed E-state index contributed by atoms with van der Waals surface area (Å²) in [6, 6.07) is 7.52. The molecule has 0 radical (unpaired) electrons. The van der Waals surface area contributed by atoms with Crippen molar-refractivity contribution in [3.63, 3.8) is 0 Å². The molecule has 0 saturated carbocycles. The Bertz CT molecular complexity index is 629. The first kappa shape index (κ1) is 13.3. The predicted molar refractivity (Wildman–Crippen MR) is 77.1 cm³/mol. The smallest absolute Gasteiger partial charge is 0.323 e. The third-order valence-corrected chi connectivity index (χ3v) is 3.19. The van der Waals surface area contributed by atoms with Gasteiger partial charge >= 0.3 is 5.97 Å². The van der Waals surface area contributed by atoms with Gasteiger partial charge in [0.25, 0.3) is 0 Å². The molecular weight excluding hydrogens is 272 g/mol. The highest BCUT2D eigenvalue weighted by Crippen LogP contribution is 2.44. The number of fused-ring (bicyclic) bond motifs is 2. The number of methoxy groups -OCH3 is 1. The number of carboxylic acid groups (broad SMARTS) is 1.